The third-order valence-corrected chi connectivity index (χ3v) is 4.68. The molecule has 1 heterocycles. The number of aliphatic carboxylic acids is 1. The van der Waals surface area contributed by atoms with Crippen LogP contribution >= 0.6 is 0 Å². The highest BCUT2D eigenvalue weighted by atomic mass is 16.5. The molecule has 0 aliphatic carbocycles. The highest BCUT2D eigenvalue weighted by Crippen LogP contribution is 2.33. The van der Waals surface area contributed by atoms with Crippen molar-refractivity contribution in [3.63, 3.8) is 0 Å². The second kappa shape index (κ2) is 8.68. The van der Waals surface area contributed by atoms with Gasteiger partial charge in [-0.3, -0.25) is 9.59 Å². The Balaban J connectivity index is 2.14. The fraction of sp³-hybridized carbons (Fsp3) is 0.273. The fourth-order valence-corrected chi connectivity index (χ4v) is 3.23. The van der Waals surface area contributed by atoms with Gasteiger partial charge in [0.2, 0.25) is 5.43 Å². The third kappa shape index (κ3) is 4.34. The molecule has 1 aromatic heterocycles. The molecule has 0 bridgehead atoms. The van der Waals surface area contributed by atoms with Crippen molar-refractivity contribution in [2.45, 2.75) is 25.7 Å². The van der Waals surface area contributed by atoms with Gasteiger partial charge in [0, 0.05) is 25.0 Å². The van der Waals surface area contributed by atoms with Gasteiger partial charge >= 0.3 is 5.97 Å². The molecule has 0 aliphatic heterocycles. The van der Waals surface area contributed by atoms with Crippen molar-refractivity contribution in [2.24, 2.45) is 0 Å². The summed E-state index contributed by atoms with van der Waals surface area (Å²) in [6, 6.07) is 9.89. The molecule has 0 unspecified atom stereocenters. The van der Waals surface area contributed by atoms with Crippen LogP contribution in [0.4, 0.5) is 0 Å². The summed E-state index contributed by atoms with van der Waals surface area (Å²) in [5.74, 6) is 0.364. The number of aromatic hydroxyl groups is 1. The Bertz CT molecular complexity index is 1080. The predicted octanol–water partition coefficient (Wildman–Crippen LogP) is 3.98. The highest BCUT2D eigenvalue weighted by molar-refractivity contribution is 5.89. The minimum atomic E-state index is -0.866. The average molecular weight is 398 g/mol. The molecule has 29 heavy (non-hydrogen) atoms. The van der Waals surface area contributed by atoms with Gasteiger partial charge in [0.05, 0.1) is 19.8 Å². The molecule has 152 valence electrons. The van der Waals surface area contributed by atoms with E-state index in [9.17, 15) is 14.7 Å². The van der Waals surface area contributed by atoms with Crippen molar-refractivity contribution >= 4 is 16.9 Å². The molecular formula is C22H22O7. The topological polar surface area (TPSA) is 106 Å². The van der Waals surface area contributed by atoms with E-state index in [4.69, 9.17) is 19.0 Å². The van der Waals surface area contributed by atoms with Gasteiger partial charge in [-0.1, -0.05) is 12.1 Å². The normalized spacial score (nSPS) is 10.8. The second-order valence-electron chi connectivity index (χ2n) is 6.58. The Hall–Kier alpha value is -3.48. The average Bonchev–Trinajstić information content (AvgIpc) is 2.70. The molecule has 0 fully saturated rings. The number of fused-ring (bicyclic) bond motifs is 1. The van der Waals surface area contributed by atoms with Crippen molar-refractivity contribution in [1.82, 2.24) is 0 Å². The number of rotatable bonds is 8. The summed E-state index contributed by atoms with van der Waals surface area (Å²) in [4.78, 5) is 24.0. The molecule has 2 N–H and O–H groups in total. The Labute approximate surface area is 167 Å². The van der Waals surface area contributed by atoms with Gasteiger partial charge in [-0.2, -0.15) is 0 Å². The molecule has 7 heteroatoms. The van der Waals surface area contributed by atoms with Crippen LogP contribution in [0, 0.1) is 0 Å². The molecule has 0 saturated carbocycles. The van der Waals surface area contributed by atoms with Gasteiger partial charge < -0.3 is 24.1 Å². The van der Waals surface area contributed by atoms with E-state index in [1.54, 1.807) is 37.4 Å². The number of unbranched alkanes of at least 4 members (excludes halogenated alkanes) is 1. The van der Waals surface area contributed by atoms with Gasteiger partial charge in [0.15, 0.2) is 0 Å². The van der Waals surface area contributed by atoms with Gasteiger partial charge in [0.25, 0.3) is 0 Å². The van der Waals surface area contributed by atoms with Crippen molar-refractivity contribution in [3.8, 4) is 28.4 Å². The number of methoxy groups -OCH3 is 2. The van der Waals surface area contributed by atoms with Crippen LogP contribution in [0.15, 0.2) is 45.6 Å². The Morgan fingerprint density at radius 1 is 1.03 bits per heavy atom. The van der Waals surface area contributed by atoms with Crippen LogP contribution < -0.4 is 14.9 Å². The summed E-state index contributed by atoms with van der Waals surface area (Å²) in [6.07, 6.45) is 1.43. The number of phenols is 1. The summed E-state index contributed by atoms with van der Waals surface area (Å²) in [7, 11) is 3.01. The van der Waals surface area contributed by atoms with E-state index in [-0.39, 0.29) is 28.6 Å². The van der Waals surface area contributed by atoms with E-state index in [2.05, 4.69) is 0 Å². The van der Waals surface area contributed by atoms with Crippen LogP contribution in [-0.2, 0) is 11.2 Å². The Kier molecular flexibility index (Phi) is 6.07. The van der Waals surface area contributed by atoms with Gasteiger partial charge in [-0.25, -0.2) is 0 Å². The van der Waals surface area contributed by atoms with E-state index in [1.165, 1.54) is 13.2 Å². The fourth-order valence-electron chi connectivity index (χ4n) is 3.23. The first-order valence-corrected chi connectivity index (χ1v) is 9.17. The number of carbonyl (C=O) groups is 1. The monoisotopic (exact) mass is 398 g/mol. The summed E-state index contributed by atoms with van der Waals surface area (Å²) >= 11 is 0. The second-order valence-corrected chi connectivity index (χ2v) is 6.58. The quantitative estimate of drug-likeness (QED) is 0.553. The van der Waals surface area contributed by atoms with E-state index in [1.807, 2.05) is 0 Å². The third-order valence-electron chi connectivity index (χ3n) is 4.68. The highest BCUT2D eigenvalue weighted by Gasteiger charge is 2.19. The van der Waals surface area contributed by atoms with E-state index in [0.717, 1.165) is 0 Å². The maximum absolute atomic E-state index is 13.3. The zero-order valence-corrected chi connectivity index (χ0v) is 16.2. The molecule has 0 atom stereocenters. The van der Waals surface area contributed by atoms with Crippen LogP contribution in [0.2, 0.25) is 0 Å². The minimum absolute atomic E-state index is 0.0459. The maximum Gasteiger partial charge on any atom is 0.303 e. The smallest absolute Gasteiger partial charge is 0.303 e. The first-order chi connectivity index (χ1) is 13.9. The van der Waals surface area contributed by atoms with Crippen LogP contribution in [0.5, 0.6) is 17.2 Å². The number of benzene rings is 2. The Morgan fingerprint density at radius 2 is 1.72 bits per heavy atom. The molecule has 0 radical (unpaired) electrons. The van der Waals surface area contributed by atoms with Crippen LogP contribution in [0.3, 0.4) is 0 Å². The number of hydrogen-bond donors (Lipinski definition) is 2. The number of hydrogen-bond acceptors (Lipinski definition) is 6. The first-order valence-electron chi connectivity index (χ1n) is 9.17. The number of phenolic OH excluding ortho intramolecular Hbond substituents is 1. The van der Waals surface area contributed by atoms with E-state index in [0.29, 0.717) is 47.6 Å². The number of carboxylic acids is 1. The summed E-state index contributed by atoms with van der Waals surface area (Å²) in [5.41, 5.74) is 0.836. The first kappa shape index (κ1) is 20.3. The van der Waals surface area contributed by atoms with E-state index < -0.39 is 5.97 Å². The van der Waals surface area contributed by atoms with Crippen LogP contribution in [0.1, 0.15) is 25.0 Å². The molecule has 0 saturated heterocycles. The molecule has 0 amide bonds. The van der Waals surface area contributed by atoms with Crippen molar-refractivity contribution in [3.05, 3.63) is 52.4 Å². The molecule has 0 spiro atoms. The zero-order valence-electron chi connectivity index (χ0n) is 16.2. The lowest BCUT2D eigenvalue weighted by Crippen LogP contribution is -2.10. The molecule has 2 aromatic carbocycles. The minimum Gasteiger partial charge on any atom is -0.507 e. The van der Waals surface area contributed by atoms with Gasteiger partial charge in [0.1, 0.15) is 34.0 Å². The van der Waals surface area contributed by atoms with Crippen molar-refractivity contribution < 1.29 is 28.9 Å². The zero-order chi connectivity index (χ0) is 21.0. The predicted molar refractivity (Wildman–Crippen MR) is 108 cm³/mol. The van der Waals surface area contributed by atoms with Crippen molar-refractivity contribution in [2.75, 3.05) is 14.2 Å². The SMILES string of the molecule is COc1ccc(-c2c(CCCCC(=O)O)oc3cc(OC)cc(O)c3c2=O)cc1. The molecule has 0 aliphatic rings. The number of ether oxygens (including phenoxy) is 2. The lowest BCUT2D eigenvalue weighted by molar-refractivity contribution is -0.137. The number of aryl methyl sites for hydroxylation is 1. The lowest BCUT2D eigenvalue weighted by Gasteiger charge is -2.12. The summed E-state index contributed by atoms with van der Waals surface area (Å²) < 4.78 is 16.3. The van der Waals surface area contributed by atoms with Crippen LogP contribution in [-0.4, -0.2) is 30.4 Å². The molecule has 3 aromatic rings. The lowest BCUT2D eigenvalue weighted by atomic mass is 9.98. The number of carboxylic acid groups (broad SMARTS) is 1. The van der Waals surface area contributed by atoms with Gasteiger partial charge in [-0.05, 0) is 30.5 Å². The summed E-state index contributed by atoms with van der Waals surface area (Å²) in [6.45, 7) is 0. The Morgan fingerprint density at radius 3 is 2.34 bits per heavy atom. The standard InChI is InChI=1S/C22H22O7/c1-27-14-9-7-13(8-10-14)20-17(5-3-4-6-19(24)25)29-18-12-15(28-2)11-16(23)21(18)22(20)26/h7-12,23H,3-6H2,1-2H3,(H,24,25). The maximum atomic E-state index is 13.3. The van der Waals surface area contributed by atoms with Crippen molar-refractivity contribution in [1.29, 1.82) is 0 Å². The summed E-state index contributed by atoms with van der Waals surface area (Å²) in [5, 5.41) is 19.3. The van der Waals surface area contributed by atoms with Crippen LogP contribution in [0.25, 0.3) is 22.1 Å². The molecular weight excluding hydrogens is 376 g/mol. The molecule has 7 nitrogen and oxygen atoms in total. The van der Waals surface area contributed by atoms with Gasteiger partial charge in [-0.15, -0.1) is 0 Å². The van der Waals surface area contributed by atoms with E-state index >= 15 is 0 Å². The molecule has 3 rings (SSSR count). The largest absolute Gasteiger partial charge is 0.507 e.